The molecule has 2 rings (SSSR count). The standard InChI is InChI=1S/C13H19F3N2O2/c14-13(15,16)7-4-8-18-9-10(19)17-12(11(18)20)5-2-1-3-6-12/h1-9H2,(H,17,19). The maximum Gasteiger partial charge on any atom is 0.389 e. The molecule has 114 valence electrons. The maximum atomic E-state index is 12.4. The predicted molar refractivity (Wildman–Crippen MR) is 65.8 cm³/mol. The molecule has 1 aliphatic carbocycles. The van der Waals surface area contributed by atoms with Crippen molar-refractivity contribution < 1.29 is 22.8 Å². The third-order valence-electron chi connectivity index (χ3n) is 4.01. The van der Waals surface area contributed by atoms with Gasteiger partial charge in [-0.3, -0.25) is 9.59 Å². The minimum atomic E-state index is -4.22. The van der Waals surface area contributed by atoms with Gasteiger partial charge in [-0.25, -0.2) is 0 Å². The summed E-state index contributed by atoms with van der Waals surface area (Å²) in [6, 6.07) is 0. The van der Waals surface area contributed by atoms with E-state index in [2.05, 4.69) is 5.32 Å². The lowest BCUT2D eigenvalue weighted by Gasteiger charge is -2.44. The smallest absolute Gasteiger partial charge is 0.340 e. The second kappa shape index (κ2) is 5.61. The van der Waals surface area contributed by atoms with Crippen LogP contribution in [0.5, 0.6) is 0 Å². The van der Waals surface area contributed by atoms with E-state index in [1.165, 1.54) is 4.90 Å². The molecule has 1 heterocycles. The Kier molecular flexibility index (Phi) is 4.25. The second-order valence-corrected chi connectivity index (χ2v) is 5.64. The normalized spacial score (nSPS) is 23.1. The first-order valence-corrected chi connectivity index (χ1v) is 7.00. The molecule has 4 nitrogen and oxygen atoms in total. The van der Waals surface area contributed by atoms with Gasteiger partial charge in [-0.15, -0.1) is 0 Å². The maximum absolute atomic E-state index is 12.4. The lowest BCUT2D eigenvalue weighted by Crippen LogP contribution is -2.67. The lowest BCUT2D eigenvalue weighted by molar-refractivity contribution is -0.153. The fraction of sp³-hybridized carbons (Fsp3) is 0.846. The molecular formula is C13H19F3N2O2. The lowest BCUT2D eigenvalue weighted by atomic mass is 9.79. The monoisotopic (exact) mass is 292 g/mol. The van der Waals surface area contributed by atoms with Crippen molar-refractivity contribution in [2.45, 2.75) is 56.7 Å². The number of nitrogens with zero attached hydrogens (tertiary/aromatic N) is 1. The summed E-state index contributed by atoms with van der Waals surface area (Å²) in [5, 5.41) is 2.77. The van der Waals surface area contributed by atoms with E-state index in [-0.39, 0.29) is 31.3 Å². The van der Waals surface area contributed by atoms with E-state index in [0.29, 0.717) is 12.8 Å². The van der Waals surface area contributed by atoms with Gasteiger partial charge in [0, 0.05) is 13.0 Å². The van der Waals surface area contributed by atoms with Crippen LogP contribution in [-0.2, 0) is 9.59 Å². The van der Waals surface area contributed by atoms with Crippen molar-refractivity contribution in [1.29, 1.82) is 0 Å². The van der Waals surface area contributed by atoms with E-state index in [4.69, 9.17) is 0 Å². The zero-order valence-corrected chi connectivity index (χ0v) is 11.3. The van der Waals surface area contributed by atoms with Gasteiger partial charge in [0.15, 0.2) is 0 Å². The molecule has 0 aromatic rings. The van der Waals surface area contributed by atoms with E-state index in [1.807, 2.05) is 0 Å². The van der Waals surface area contributed by atoms with Gasteiger partial charge < -0.3 is 10.2 Å². The van der Waals surface area contributed by atoms with E-state index < -0.39 is 18.1 Å². The van der Waals surface area contributed by atoms with Gasteiger partial charge >= 0.3 is 6.18 Å². The third-order valence-corrected chi connectivity index (χ3v) is 4.01. The number of alkyl halides is 3. The van der Waals surface area contributed by atoms with Crippen LogP contribution in [0.1, 0.15) is 44.9 Å². The molecule has 0 aromatic heterocycles. The first kappa shape index (κ1) is 15.1. The minimum absolute atomic E-state index is 0.00644. The summed E-state index contributed by atoms with van der Waals surface area (Å²) in [4.78, 5) is 25.4. The van der Waals surface area contributed by atoms with Crippen molar-refractivity contribution in [2.75, 3.05) is 13.1 Å². The second-order valence-electron chi connectivity index (χ2n) is 5.64. The molecule has 2 fully saturated rings. The first-order valence-electron chi connectivity index (χ1n) is 7.00. The Labute approximate surface area is 115 Å². The van der Waals surface area contributed by atoms with Crippen molar-refractivity contribution in [2.24, 2.45) is 0 Å². The molecule has 0 aromatic carbocycles. The summed E-state index contributed by atoms with van der Waals surface area (Å²) in [5.74, 6) is -0.475. The fourth-order valence-corrected chi connectivity index (χ4v) is 3.05. The fourth-order valence-electron chi connectivity index (χ4n) is 3.05. The summed E-state index contributed by atoms with van der Waals surface area (Å²) in [6.07, 6.45) is -1.36. The van der Waals surface area contributed by atoms with E-state index >= 15 is 0 Å². The van der Waals surface area contributed by atoms with Crippen LogP contribution >= 0.6 is 0 Å². The van der Waals surface area contributed by atoms with E-state index in [1.54, 1.807) is 0 Å². The Bertz CT molecular complexity index is 390. The summed E-state index contributed by atoms with van der Waals surface area (Å²) in [6.45, 7) is -0.133. The van der Waals surface area contributed by atoms with Crippen LogP contribution in [0.15, 0.2) is 0 Å². The van der Waals surface area contributed by atoms with Crippen LogP contribution in [0.25, 0.3) is 0 Å². The zero-order chi connectivity index (χ0) is 14.8. The quantitative estimate of drug-likeness (QED) is 0.865. The number of hydrogen-bond acceptors (Lipinski definition) is 2. The van der Waals surface area contributed by atoms with Crippen LogP contribution < -0.4 is 5.32 Å². The number of hydrogen-bond donors (Lipinski definition) is 1. The van der Waals surface area contributed by atoms with Gasteiger partial charge in [0.25, 0.3) is 0 Å². The molecule has 0 bridgehead atoms. The van der Waals surface area contributed by atoms with Gasteiger partial charge in [-0.2, -0.15) is 13.2 Å². The molecule has 0 atom stereocenters. The number of rotatable bonds is 3. The van der Waals surface area contributed by atoms with Crippen molar-refractivity contribution in [3.05, 3.63) is 0 Å². The van der Waals surface area contributed by atoms with E-state index in [0.717, 1.165) is 19.3 Å². The third kappa shape index (κ3) is 3.43. The van der Waals surface area contributed by atoms with Crippen molar-refractivity contribution in [1.82, 2.24) is 10.2 Å². The minimum Gasteiger partial charge on any atom is -0.340 e. The molecule has 1 spiro atoms. The number of amides is 2. The average Bonchev–Trinajstić information content (AvgIpc) is 2.35. The summed E-state index contributed by atoms with van der Waals surface area (Å²) < 4.78 is 36.4. The summed E-state index contributed by atoms with van der Waals surface area (Å²) >= 11 is 0. The van der Waals surface area contributed by atoms with Gasteiger partial charge in [-0.05, 0) is 19.3 Å². The number of halogens is 3. The van der Waals surface area contributed by atoms with Crippen LogP contribution in [0.2, 0.25) is 0 Å². The first-order chi connectivity index (χ1) is 9.32. The SMILES string of the molecule is O=C1CN(CCCC(F)(F)F)C(=O)C2(CCCCC2)N1. The molecule has 7 heteroatoms. The molecule has 1 saturated carbocycles. The Hall–Kier alpha value is -1.27. The van der Waals surface area contributed by atoms with Gasteiger partial charge in [0.05, 0.1) is 6.54 Å². The largest absolute Gasteiger partial charge is 0.389 e. The molecular weight excluding hydrogens is 273 g/mol. The molecule has 2 amide bonds. The molecule has 2 aliphatic rings. The van der Waals surface area contributed by atoms with Gasteiger partial charge in [0.1, 0.15) is 5.54 Å². The van der Waals surface area contributed by atoms with Crippen molar-refractivity contribution in [3.63, 3.8) is 0 Å². The zero-order valence-electron chi connectivity index (χ0n) is 11.3. The van der Waals surface area contributed by atoms with Crippen LogP contribution in [0.4, 0.5) is 13.2 Å². The van der Waals surface area contributed by atoms with Gasteiger partial charge in [-0.1, -0.05) is 19.3 Å². The highest BCUT2D eigenvalue weighted by Crippen LogP contribution is 2.32. The molecule has 1 N–H and O–H groups in total. The van der Waals surface area contributed by atoms with Crippen molar-refractivity contribution >= 4 is 11.8 Å². The molecule has 0 radical (unpaired) electrons. The number of piperazine rings is 1. The highest BCUT2D eigenvalue weighted by molar-refractivity contribution is 5.98. The topological polar surface area (TPSA) is 49.4 Å². The van der Waals surface area contributed by atoms with Crippen molar-refractivity contribution in [3.8, 4) is 0 Å². The molecule has 0 unspecified atom stereocenters. The van der Waals surface area contributed by atoms with Gasteiger partial charge in [0.2, 0.25) is 11.8 Å². The Morgan fingerprint density at radius 1 is 1.15 bits per heavy atom. The number of carbonyl (C=O) groups is 2. The average molecular weight is 292 g/mol. The summed E-state index contributed by atoms with van der Waals surface area (Å²) in [5.41, 5.74) is -0.855. The van der Waals surface area contributed by atoms with Crippen LogP contribution in [0.3, 0.4) is 0 Å². The number of nitrogens with one attached hydrogen (secondary N) is 1. The molecule has 1 aliphatic heterocycles. The summed E-state index contributed by atoms with van der Waals surface area (Å²) in [7, 11) is 0. The van der Waals surface area contributed by atoms with Crippen LogP contribution in [-0.4, -0.2) is 41.5 Å². The number of carbonyl (C=O) groups excluding carboxylic acids is 2. The highest BCUT2D eigenvalue weighted by Gasteiger charge is 2.46. The highest BCUT2D eigenvalue weighted by atomic mass is 19.4. The molecule has 1 saturated heterocycles. The van der Waals surface area contributed by atoms with Crippen LogP contribution in [0, 0.1) is 0 Å². The Morgan fingerprint density at radius 3 is 2.40 bits per heavy atom. The Balaban J connectivity index is 1.98. The molecule has 20 heavy (non-hydrogen) atoms. The predicted octanol–water partition coefficient (Wildman–Crippen LogP) is 1.99. The Morgan fingerprint density at radius 2 is 1.80 bits per heavy atom. The van der Waals surface area contributed by atoms with E-state index in [9.17, 15) is 22.8 Å².